The van der Waals surface area contributed by atoms with Gasteiger partial charge in [0.15, 0.2) is 11.2 Å². The first kappa shape index (κ1) is 37.2. The number of benzene rings is 6. The number of carbonyl (C=O) groups is 2. The molecule has 0 aromatic heterocycles. The maximum absolute atomic E-state index is 13.4. The minimum absolute atomic E-state index is 0.0366. The minimum Gasteiger partial charge on any atom is -0.508 e. The van der Waals surface area contributed by atoms with Gasteiger partial charge in [-0.1, -0.05) is 60.7 Å². The second-order valence-electron chi connectivity index (χ2n) is 14.3. The lowest BCUT2D eigenvalue weighted by molar-refractivity contribution is 0.0238. The summed E-state index contributed by atoms with van der Waals surface area (Å²) in [4.78, 5) is 31.1. The molecule has 0 saturated heterocycles. The molecule has 0 spiro atoms. The van der Waals surface area contributed by atoms with E-state index in [2.05, 4.69) is 42.8 Å². The second kappa shape index (κ2) is 14.7. The van der Waals surface area contributed by atoms with Crippen LogP contribution in [-0.2, 0) is 20.7 Å². The summed E-state index contributed by atoms with van der Waals surface area (Å²) in [5.41, 5.74) is 5.49. The molecule has 8 rings (SSSR count). The van der Waals surface area contributed by atoms with Gasteiger partial charge in [-0.25, -0.2) is 9.59 Å². The number of anilines is 4. The Morgan fingerprint density at radius 2 is 1.00 bits per heavy atom. The molecule has 2 aliphatic heterocycles. The lowest BCUT2D eigenvalue weighted by Crippen LogP contribution is -2.30. The fraction of sp³-hybridized carbons (Fsp3) is 0.208. The van der Waals surface area contributed by atoms with E-state index in [4.69, 9.17) is 9.47 Å². The Morgan fingerprint density at radius 3 is 1.54 bits per heavy atom. The van der Waals surface area contributed by atoms with E-state index in [-0.39, 0.29) is 11.5 Å². The molecule has 0 saturated carbocycles. The average Bonchev–Trinajstić information content (AvgIpc) is 3.71. The number of hydrogen-bond donors (Lipinski definition) is 3. The average molecular weight is 760 g/mol. The van der Waals surface area contributed by atoms with Gasteiger partial charge in [-0.05, 0) is 88.4 Å². The quantitative estimate of drug-likeness (QED) is 0.105. The van der Waals surface area contributed by atoms with E-state index in [9.17, 15) is 19.8 Å². The standard InChI is InChI=1S/C48H45N3O6/c1-5-50(6-2)36-25-26-43(44(53)30-36)48(42-16-12-10-14-40(42)46(55)57-48)32-19-23-35(24-20-32)49-34-21-17-31(18-22-34)47(41-15-11-9-13-39(41)45(54)56-47)33-27-37(29-38(52)28-33)51(7-3)8-4/h9-30,49,52-53H,5-8H2,1-4H3. The molecule has 2 unspecified atom stereocenters. The molecule has 6 aromatic rings. The van der Waals surface area contributed by atoms with Crippen LogP contribution in [0.3, 0.4) is 0 Å². The molecule has 2 heterocycles. The highest BCUT2D eigenvalue weighted by Crippen LogP contribution is 2.51. The number of esters is 2. The predicted molar refractivity (Wildman–Crippen MR) is 223 cm³/mol. The molecule has 0 aliphatic carbocycles. The van der Waals surface area contributed by atoms with Crippen molar-refractivity contribution in [2.45, 2.75) is 38.9 Å². The fourth-order valence-electron chi connectivity index (χ4n) is 8.52. The van der Waals surface area contributed by atoms with Crippen molar-refractivity contribution < 1.29 is 29.3 Å². The highest BCUT2D eigenvalue weighted by Gasteiger charge is 2.51. The van der Waals surface area contributed by atoms with Crippen LogP contribution in [0.15, 0.2) is 133 Å². The largest absolute Gasteiger partial charge is 0.508 e. The van der Waals surface area contributed by atoms with Crippen molar-refractivity contribution in [1.29, 1.82) is 0 Å². The second-order valence-corrected chi connectivity index (χ2v) is 14.3. The number of fused-ring (bicyclic) bond motifs is 2. The van der Waals surface area contributed by atoms with Crippen molar-refractivity contribution in [2.24, 2.45) is 0 Å². The summed E-state index contributed by atoms with van der Waals surface area (Å²) in [6.07, 6.45) is 0. The van der Waals surface area contributed by atoms with Gasteiger partial charge in [-0.15, -0.1) is 0 Å². The summed E-state index contributed by atoms with van der Waals surface area (Å²) in [6.45, 7) is 11.3. The summed E-state index contributed by atoms with van der Waals surface area (Å²) in [7, 11) is 0. The number of carbonyl (C=O) groups excluding carboxylic acids is 2. The van der Waals surface area contributed by atoms with Crippen LogP contribution in [0.1, 0.15) is 81.8 Å². The molecule has 3 N–H and O–H groups in total. The fourth-order valence-corrected chi connectivity index (χ4v) is 8.52. The van der Waals surface area contributed by atoms with Crippen LogP contribution in [-0.4, -0.2) is 48.3 Å². The monoisotopic (exact) mass is 759 g/mol. The van der Waals surface area contributed by atoms with Crippen molar-refractivity contribution in [3.8, 4) is 11.5 Å². The Hall–Kier alpha value is -6.74. The van der Waals surface area contributed by atoms with E-state index >= 15 is 0 Å². The summed E-state index contributed by atoms with van der Waals surface area (Å²) < 4.78 is 12.6. The maximum Gasteiger partial charge on any atom is 0.340 e. The van der Waals surface area contributed by atoms with E-state index in [1.165, 1.54) is 0 Å². The van der Waals surface area contributed by atoms with Crippen molar-refractivity contribution in [2.75, 3.05) is 41.3 Å². The van der Waals surface area contributed by atoms with Gasteiger partial charge in [0.05, 0.1) is 11.1 Å². The van der Waals surface area contributed by atoms with Gasteiger partial charge in [0.25, 0.3) is 0 Å². The van der Waals surface area contributed by atoms with E-state index in [1.54, 1.807) is 30.3 Å². The Kier molecular flexibility index (Phi) is 9.61. The number of aromatic hydroxyl groups is 2. The number of nitrogens with zero attached hydrogens (tertiary/aromatic N) is 2. The van der Waals surface area contributed by atoms with E-state index < -0.39 is 23.1 Å². The van der Waals surface area contributed by atoms with Crippen LogP contribution in [0.25, 0.3) is 0 Å². The number of ether oxygens (including phenoxy) is 2. The summed E-state index contributed by atoms with van der Waals surface area (Å²) in [5, 5.41) is 26.0. The molecule has 0 bridgehead atoms. The molecule has 0 radical (unpaired) electrons. The van der Waals surface area contributed by atoms with Gasteiger partial charge in [-0.3, -0.25) is 0 Å². The predicted octanol–water partition coefficient (Wildman–Crippen LogP) is 9.46. The first-order valence-electron chi connectivity index (χ1n) is 19.5. The van der Waals surface area contributed by atoms with Crippen LogP contribution in [0, 0.1) is 0 Å². The van der Waals surface area contributed by atoms with E-state index in [0.29, 0.717) is 38.9 Å². The van der Waals surface area contributed by atoms with Gasteiger partial charge in [0, 0.05) is 94.4 Å². The van der Waals surface area contributed by atoms with E-state index in [1.807, 2.05) is 103 Å². The summed E-state index contributed by atoms with van der Waals surface area (Å²) >= 11 is 0. The first-order chi connectivity index (χ1) is 27.7. The molecule has 9 nitrogen and oxygen atoms in total. The third-order valence-corrected chi connectivity index (χ3v) is 11.3. The third kappa shape index (κ3) is 6.10. The SMILES string of the molecule is CCN(CC)c1cc(O)cc(C2(c3ccc(Nc4ccc(C5(c6ccc(N(CC)CC)cc6O)OC(=O)c6ccccc65)cc4)cc3)OC(=O)c3ccccc32)c1. The van der Waals surface area contributed by atoms with Gasteiger partial charge in [0.1, 0.15) is 11.5 Å². The van der Waals surface area contributed by atoms with E-state index in [0.717, 1.165) is 54.5 Å². The molecule has 2 aliphatic rings. The zero-order valence-electron chi connectivity index (χ0n) is 32.5. The molecule has 57 heavy (non-hydrogen) atoms. The van der Waals surface area contributed by atoms with Crippen LogP contribution in [0.2, 0.25) is 0 Å². The lowest BCUT2D eigenvalue weighted by Gasteiger charge is -2.32. The highest BCUT2D eigenvalue weighted by molar-refractivity contribution is 5.97. The molecule has 9 heteroatoms. The third-order valence-electron chi connectivity index (χ3n) is 11.3. The number of hydrogen-bond acceptors (Lipinski definition) is 9. The molecule has 288 valence electrons. The van der Waals surface area contributed by atoms with Crippen molar-refractivity contribution in [1.82, 2.24) is 0 Å². The Bertz CT molecular complexity index is 2470. The lowest BCUT2D eigenvalue weighted by atomic mass is 9.79. The highest BCUT2D eigenvalue weighted by atomic mass is 16.6. The Morgan fingerprint density at radius 1 is 0.509 bits per heavy atom. The Labute approximate surface area is 332 Å². The van der Waals surface area contributed by atoms with Crippen LogP contribution in [0.4, 0.5) is 22.7 Å². The van der Waals surface area contributed by atoms with Crippen LogP contribution in [0.5, 0.6) is 11.5 Å². The molecular formula is C48H45N3O6. The molecule has 0 amide bonds. The first-order valence-corrected chi connectivity index (χ1v) is 19.5. The van der Waals surface area contributed by atoms with Gasteiger partial charge < -0.3 is 34.8 Å². The van der Waals surface area contributed by atoms with Crippen molar-refractivity contribution in [3.05, 3.63) is 178 Å². The van der Waals surface area contributed by atoms with Gasteiger partial charge >= 0.3 is 11.9 Å². The zero-order valence-corrected chi connectivity index (χ0v) is 32.5. The summed E-state index contributed by atoms with van der Waals surface area (Å²) in [6, 6.07) is 41.0. The number of rotatable bonds is 12. The number of cyclic esters (lactones) is 2. The van der Waals surface area contributed by atoms with Gasteiger partial charge in [0.2, 0.25) is 0 Å². The van der Waals surface area contributed by atoms with Gasteiger partial charge in [-0.2, -0.15) is 0 Å². The Balaban J connectivity index is 1.14. The minimum atomic E-state index is -1.36. The zero-order chi connectivity index (χ0) is 39.9. The van der Waals surface area contributed by atoms with Crippen LogP contribution < -0.4 is 15.1 Å². The normalized spacial score (nSPS) is 18.0. The van der Waals surface area contributed by atoms with Crippen molar-refractivity contribution >= 4 is 34.7 Å². The smallest absolute Gasteiger partial charge is 0.340 e. The van der Waals surface area contributed by atoms with Crippen LogP contribution >= 0.6 is 0 Å². The maximum atomic E-state index is 13.4. The molecule has 2 atom stereocenters. The number of phenolic OH excluding ortho intramolecular Hbond substituents is 2. The topological polar surface area (TPSA) is 112 Å². The number of phenols is 2. The summed E-state index contributed by atoms with van der Waals surface area (Å²) in [5.74, 6) is -0.763. The molecular weight excluding hydrogens is 715 g/mol. The molecule has 0 fully saturated rings. The van der Waals surface area contributed by atoms with Crippen molar-refractivity contribution in [3.63, 3.8) is 0 Å². The molecule has 6 aromatic carbocycles. The number of nitrogens with one attached hydrogen (secondary N) is 1.